The van der Waals surface area contributed by atoms with E-state index in [4.69, 9.17) is 17.3 Å². The van der Waals surface area contributed by atoms with E-state index in [1.807, 2.05) is 18.8 Å². The molecule has 0 aliphatic carbocycles. The van der Waals surface area contributed by atoms with Gasteiger partial charge in [-0.2, -0.15) is 5.10 Å². The Balaban J connectivity index is 2.31. The number of halogens is 1. The van der Waals surface area contributed by atoms with Crippen LogP contribution in [0.25, 0.3) is 0 Å². The number of benzene rings is 1. The van der Waals surface area contributed by atoms with Crippen molar-refractivity contribution in [2.75, 3.05) is 20.6 Å². The molecule has 1 heterocycles. The molecule has 0 spiro atoms. The van der Waals surface area contributed by atoms with Crippen LogP contribution < -0.4 is 5.73 Å². The maximum atomic E-state index is 6.43. The Bertz CT molecular complexity index is 619. The maximum Gasteiger partial charge on any atom is 0.0837 e. The third kappa shape index (κ3) is 3.64. The molecule has 4 nitrogen and oxygen atoms in total. The predicted molar refractivity (Wildman–Crippen MR) is 87.7 cm³/mol. The number of rotatable bonds is 5. The van der Waals surface area contributed by atoms with Gasteiger partial charge in [-0.3, -0.25) is 4.68 Å². The Hall–Kier alpha value is -1.36. The van der Waals surface area contributed by atoms with Crippen LogP contribution in [-0.4, -0.2) is 35.3 Å². The number of aromatic nitrogens is 2. The van der Waals surface area contributed by atoms with E-state index < -0.39 is 0 Å². The van der Waals surface area contributed by atoms with E-state index >= 15 is 0 Å². The first-order chi connectivity index (χ1) is 9.90. The first kappa shape index (κ1) is 16.0. The van der Waals surface area contributed by atoms with Crippen LogP contribution in [0.4, 0.5) is 0 Å². The molecule has 1 unspecified atom stereocenters. The Kier molecular flexibility index (Phi) is 5.04. The summed E-state index contributed by atoms with van der Waals surface area (Å²) >= 11 is 6.30. The number of aryl methyl sites for hydroxylation is 2. The molecule has 21 heavy (non-hydrogen) atoms. The largest absolute Gasteiger partial charge is 0.319 e. The fraction of sp³-hybridized carbons (Fsp3) is 0.438. The molecule has 0 aliphatic heterocycles. The second-order valence-electron chi connectivity index (χ2n) is 5.73. The zero-order valence-corrected chi connectivity index (χ0v) is 13.9. The minimum atomic E-state index is -0.263. The minimum absolute atomic E-state index is 0.263. The lowest BCUT2D eigenvalue weighted by molar-refractivity contribution is 0.368. The summed E-state index contributed by atoms with van der Waals surface area (Å²) in [5, 5.41) is 4.98. The zero-order valence-electron chi connectivity index (χ0n) is 13.1. The van der Waals surface area contributed by atoms with E-state index in [0.29, 0.717) is 5.02 Å². The molecule has 1 aromatic heterocycles. The van der Waals surface area contributed by atoms with Gasteiger partial charge in [0.15, 0.2) is 0 Å². The molecule has 0 saturated carbocycles. The summed E-state index contributed by atoms with van der Waals surface area (Å²) in [5.74, 6) is 0. The quantitative estimate of drug-likeness (QED) is 0.924. The standard InChI is InChI=1S/C16H23ClN4/c1-11-5-6-13(9-12(11)2)15(18)16-14(17)10-19-21(16)8-7-20(3)4/h5-6,9-10,15H,7-8,18H2,1-4H3. The van der Waals surface area contributed by atoms with Gasteiger partial charge in [-0.05, 0) is 44.6 Å². The lowest BCUT2D eigenvalue weighted by Gasteiger charge is -2.18. The first-order valence-corrected chi connectivity index (χ1v) is 7.46. The lowest BCUT2D eigenvalue weighted by atomic mass is 9.99. The second kappa shape index (κ2) is 6.60. The van der Waals surface area contributed by atoms with Gasteiger partial charge in [0.1, 0.15) is 0 Å². The normalized spacial score (nSPS) is 12.9. The van der Waals surface area contributed by atoms with E-state index in [1.54, 1.807) is 6.20 Å². The van der Waals surface area contributed by atoms with Crippen molar-refractivity contribution < 1.29 is 0 Å². The Labute approximate surface area is 131 Å². The Morgan fingerprint density at radius 3 is 2.62 bits per heavy atom. The molecule has 1 aromatic carbocycles. The average molecular weight is 307 g/mol. The summed E-state index contributed by atoms with van der Waals surface area (Å²) in [6.45, 7) is 5.85. The van der Waals surface area contributed by atoms with Gasteiger partial charge >= 0.3 is 0 Å². The van der Waals surface area contributed by atoms with Crippen molar-refractivity contribution in [2.24, 2.45) is 5.73 Å². The van der Waals surface area contributed by atoms with E-state index in [-0.39, 0.29) is 6.04 Å². The first-order valence-electron chi connectivity index (χ1n) is 7.09. The van der Waals surface area contributed by atoms with Crippen LogP contribution in [0.3, 0.4) is 0 Å². The van der Waals surface area contributed by atoms with Crippen molar-refractivity contribution >= 4 is 11.6 Å². The Morgan fingerprint density at radius 2 is 2.00 bits per heavy atom. The summed E-state index contributed by atoms with van der Waals surface area (Å²) in [7, 11) is 4.07. The lowest BCUT2D eigenvalue weighted by Crippen LogP contribution is -2.23. The molecule has 0 aliphatic rings. The van der Waals surface area contributed by atoms with Crippen molar-refractivity contribution in [2.45, 2.75) is 26.4 Å². The number of nitrogens with two attached hydrogens (primary N) is 1. The molecule has 0 saturated heterocycles. The SMILES string of the molecule is Cc1ccc(C(N)c2c(Cl)cnn2CCN(C)C)cc1C. The smallest absolute Gasteiger partial charge is 0.0837 e. The van der Waals surface area contributed by atoms with Gasteiger partial charge in [-0.25, -0.2) is 0 Å². The molecule has 0 bridgehead atoms. The highest BCUT2D eigenvalue weighted by Gasteiger charge is 2.19. The zero-order chi connectivity index (χ0) is 15.6. The van der Waals surface area contributed by atoms with Gasteiger partial charge in [0.25, 0.3) is 0 Å². The summed E-state index contributed by atoms with van der Waals surface area (Å²) < 4.78 is 1.90. The van der Waals surface area contributed by atoms with Crippen LogP contribution in [0.1, 0.15) is 28.4 Å². The molecule has 114 valence electrons. The number of hydrogen-bond donors (Lipinski definition) is 1. The van der Waals surface area contributed by atoms with Crippen molar-refractivity contribution in [3.05, 3.63) is 51.8 Å². The van der Waals surface area contributed by atoms with Crippen LogP contribution >= 0.6 is 11.6 Å². The van der Waals surface area contributed by atoms with E-state index in [1.165, 1.54) is 11.1 Å². The van der Waals surface area contributed by atoms with E-state index in [9.17, 15) is 0 Å². The summed E-state index contributed by atoms with van der Waals surface area (Å²) in [6, 6.07) is 6.02. The van der Waals surface area contributed by atoms with Crippen LogP contribution in [0.5, 0.6) is 0 Å². The van der Waals surface area contributed by atoms with Gasteiger partial charge < -0.3 is 10.6 Å². The highest BCUT2D eigenvalue weighted by Crippen LogP contribution is 2.27. The summed E-state index contributed by atoms with van der Waals surface area (Å²) in [5.41, 5.74) is 10.9. The topological polar surface area (TPSA) is 47.1 Å². The van der Waals surface area contributed by atoms with E-state index in [2.05, 4.69) is 42.0 Å². The average Bonchev–Trinajstić information content (AvgIpc) is 2.80. The highest BCUT2D eigenvalue weighted by atomic mass is 35.5. The molecular weight excluding hydrogens is 284 g/mol. The highest BCUT2D eigenvalue weighted by molar-refractivity contribution is 6.31. The number of likely N-dealkylation sites (N-methyl/N-ethyl adjacent to an activating group) is 1. The number of nitrogens with zero attached hydrogens (tertiary/aromatic N) is 3. The fourth-order valence-corrected chi connectivity index (χ4v) is 2.53. The second-order valence-corrected chi connectivity index (χ2v) is 6.13. The fourth-order valence-electron chi connectivity index (χ4n) is 2.27. The van der Waals surface area contributed by atoms with Crippen LogP contribution in [0.15, 0.2) is 24.4 Å². The van der Waals surface area contributed by atoms with Gasteiger partial charge in [-0.1, -0.05) is 29.8 Å². The summed E-state index contributed by atoms with van der Waals surface area (Å²) in [4.78, 5) is 2.11. The van der Waals surface area contributed by atoms with Gasteiger partial charge in [0.05, 0.1) is 29.5 Å². The van der Waals surface area contributed by atoms with E-state index in [0.717, 1.165) is 24.3 Å². The molecule has 0 fully saturated rings. The van der Waals surface area contributed by atoms with Gasteiger partial charge in [0, 0.05) is 6.54 Å². The molecule has 2 rings (SSSR count). The van der Waals surface area contributed by atoms with Gasteiger partial charge in [-0.15, -0.1) is 0 Å². The number of hydrogen-bond acceptors (Lipinski definition) is 3. The van der Waals surface area contributed by atoms with Crippen molar-refractivity contribution in [1.82, 2.24) is 14.7 Å². The summed E-state index contributed by atoms with van der Waals surface area (Å²) in [6.07, 6.45) is 1.67. The molecule has 1 atom stereocenters. The molecule has 0 amide bonds. The van der Waals surface area contributed by atoms with Crippen molar-refractivity contribution in [3.8, 4) is 0 Å². The molecule has 5 heteroatoms. The molecule has 0 radical (unpaired) electrons. The van der Waals surface area contributed by atoms with Crippen LogP contribution in [0, 0.1) is 13.8 Å². The monoisotopic (exact) mass is 306 g/mol. The van der Waals surface area contributed by atoms with Crippen molar-refractivity contribution in [1.29, 1.82) is 0 Å². The predicted octanol–water partition coefficient (Wildman–Crippen LogP) is 2.76. The third-order valence-corrected chi connectivity index (χ3v) is 4.07. The van der Waals surface area contributed by atoms with Crippen molar-refractivity contribution in [3.63, 3.8) is 0 Å². The van der Waals surface area contributed by atoms with Crippen LogP contribution in [0.2, 0.25) is 5.02 Å². The molecular formula is C16H23ClN4. The maximum absolute atomic E-state index is 6.43. The van der Waals surface area contributed by atoms with Crippen LogP contribution in [-0.2, 0) is 6.54 Å². The Morgan fingerprint density at radius 1 is 1.29 bits per heavy atom. The van der Waals surface area contributed by atoms with Gasteiger partial charge in [0.2, 0.25) is 0 Å². The third-order valence-electron chi connectivity index (χ3n) is 3.78. The molecule has 2 aromatic rings. The molecule has 2 N–H and O–H groups in total. The minimum Gasteiger partial charge on any atom is -0.319 e.